The highest BCUT2D eigenvalue weighted by molar-refractivity contribution is 6.30. The van der Waals surface area contributed by atoms with Crippen LogP contribution >= 0.6 is 11.6 Å². The van der Waals surface area contributed by atoms with Crippen molar-refractivity contribution in [3.63, 3.8) is 0 Å². The Kier molecular flexibility index (Phi) is 6.09. The first-order valence-electron chi connectivity index (χ1n) is 9.84. The van der Waals surface area contributed by atoms with Gasteiger partial charge in [-0.05, 0) is 60.9 Å². The van der Waals surface area contributed by atoms with Crippen LogP contribution in [0, 0.1) is 13.8 Å². The number of rotatable bonds is 7. The summed E-state index contributed by atoms with van der Waals surface area (Å²) in [5.74, 6) is 1.13. The molecule has 0 aliphatic heterocycles. The molecule has 0 bridgehead atoms. The number of hydrogen-bond donors (Lipinski definition) is 1. The Hall–Kier alpha value is -3.51. The molecule has 0 spiro atoms. The lowest BCUT2D eigenvalue weighted by Crippen LogP contribution is -2.10. The van der Waals surface area contributed by atoms with Gasteiger partial charge in [-0.25, -0.2) is 0 Å². The molecule has 7 heteroatoms. The minimum Gasteiger partial charge on any atom is -0.485 e. The highest BCUT2D eigenvalue weighted by Gasteiger charge is 2.13. The molecule has 6 nitrogen and oxygen atoms in total. The number of anilines is 1. The van der Waals surface area contributed by atoms with Crippen molar-refractivity contribution in [1.82, 2.24) is 9.78 Å². The number of carbonyl (C=O) groups is 1. The minimum atomic E-state index is -0.343. The van der Waals surface area contributed by atoms with Gasteiger partial charge in [0.2, 0.25) is 0 Å². The first-order chi connectivity index (χ1) is 15.0. The Morgan fingerprint density at radius 2 is 1.97 bits per heavy atom. The van der Waals surface area contributed by atoms with Gasteiger partial charge < -0.3 is 14.5 Å². The summed E-state index contributed by atoms with van der Waals surface area (Å²) >= 11 is 5.96. The molecule has 0 saturated heterocycles. The van der Waals surface area contributed by atoms with Crippen molar-refractivity contribution in [1.29, 1.82) is 0 Å². The number of furan rings is 1. The van der Waals surface area contributed by atoms with E-state index in [2.05, 4.69) is 29.5 Å². The van der Waals surface area contributed by atoms with Crippen LogP contribution in [0.25, 0.3) is 0 Å². The number of ether oxygens (including phenoxy) is 1. The van der Waals surface area contributed by atoms with Crippen LogP contribution in [0.4, 0.5) is 5.69 Å². The number of benzene rings is 2. The van der Waals surface area contributed by atoms with E-state index in [0.717, 1.165) is 5.56 Å². The van der Waals surface area contributed by atoms with Gasteiger partial charge in [0, 0.05) is 11.2 Å². The lowest BCUT2D eigenvalue weighted by molar-refractivity contribution is 0.0992. The summed E-state index contributed by atoms with van der Waals surface area (Å²) in [6.07, 6.45) is 3.41. The second kappa shape index (κ2) is 9.10. The third-order valence-corrected chi connectivity index (χ3v) is 5.11. The third-order valence-electron chi connectivity index (χ3n) is 4.88. The van der Waals surface area contributed by atoms with Crippen molar-refractivity contribution >= 4 is 23.2 Å². The molecule has 0 saturated carbocycles. The molecular weight excluding hydrogens is 414 g/mol. The smallest absolute Gasteiger partial charge is 0.291 e. The molecule has 0 aliphatic carbocycles. The molecule has 0 fully saturated rings. The summed E-state index contributed by atoms with van der Waals surface area (Å²) in [7, 11) is 0. The number of hydrogen-bond acceptors (Lipinski definition) is 4. The summed E-state index contributed by atoms with van der Waals surface area (Å²) in [5, 5.41) is 7.79. The first kappa shape index (κ1) is 20.8. The lowest BCUT2D eigenvalue weighted by atomic mass is 10.1. The SMILES string of the molecule is Cc1ccccc1Cn1cc(NC(=O)c2ccc(COc3ccc(Cl)cc3C)o2)cn1. The maximum absolute atomic E-state index is 12.5. The standard InChI is InChI=1S/C24H22ClN3O3/c1-16-5-3-4-6-18(16)13-28-14-20(12-26-28)27-24(29)23-10-8-21(31-23)15-30-22-9-7-19(25)11-17(22)2/h3-12,14H,13,15H2,1-2H3,(H,27,29). The molecule has 0 radical (unpaired) electrons. The van der Waals surface area contributed by atoms with Gasteiger partial charge in [-0.3, -0.25) is 9.48 Å². The Morgan fingerprint density at radius 3 is 2.77 bits per heavy atom. The number of aryl methyl sites for hydroxylation is 2. The topological polar surface area (TPSA) is 69.3 Å². The molecule has 1 amide bonds. The van der Waals surface area contributed by atoms with Gasteiger partial charge in [-0.2, -0.15) is 5.10 Å². The van der Waals surface area contributed by atoms with Crippen LogP contribution in [-0.2, 0) is 13.2 Å². The van der Waals surface area contributed by atoms with Crippen LogP contribution in [0.5, 0.6) is 5.75 Å². The molecule has 0 atom stereocenters. The van der Waals surface area contributed by atoms with E-state index >= 15 is 0 Å². The number of aromatic nitrogens is 2. The Labute approximate surface area is 185 Å². The number of carbonyl (C=O) groups excluding carboxylic acids is 1. The zero-order chi connectivity index (χ0) is 21.8. The number of nitrogens with one attached hydrogen (secondary N) is 1. The van der Waals surface area contributed by atoms with E-state index in [1.807, 2.05) is 31.2 Å². The highest BCUT2D eigenvalue weighted by Crippen LogP contribution is 2.23. The van der Waals surface area contributed by atoms with E-state index in [1.165, 1.54) is 11.1 Å². The van der Waals surface area contributed by atoms with Crippen LogP contribution < -0.4 is 10.1 Å². The van der Waals surface area contributed by atoms with Gasteiger partial charge in [0.1, 0.15) is 18.1 Å². The molecule has 0 unspecified atom stereocenters. The fourth-order valence-corrected chi connectivity index (χ4v) is 3.40. The van der Waals surface area contributed by atoms with Crippen LogP contribution in [0.15, 0.2) is 71.4 Å². The molecule has 0 aliphatic rings. The lowest BCUT2D eigenvalue weighted by Gasteiger charge is -2.07. The maximum atomic E-state index is 12.5. The quantitative estimate of drug-likeness (QED) is 0.408. The zero-order valence-corrected chi connectivity index (χ0v) is 18.0. The highest BCUT2D eigenvalue weighted by atomic mass is 35.5. The van der Waals surface area contributed by atoms with Crippen LogP contribution in [0.2, 0.25) is 5.02 Å². The van der Waals surface area contributed by atoms with E-state index in [9.17, 15) is 4.79 Å². The fourth-order valence-electron chi connectivity index (χ4n) is 3.17. The second-order valence-corrected chi connectivity index (χ2v) is 7.71. The average Bonchev–Trinajstić information content (AvgIpc) is 3.39. The molecular formula is C24H22ClN3O3. The van der Waals surface area contributed by atoms with Gasteiger partial charge in [-0.15, -0.1) is 0 Å². The molecule has 4 aromatic rings. The van der Waals surface area contributed by atoms with Crippen molar-refractivity contribution in [3.8, 4) is 5.75 Å². The van der Waals surface area contributed by atoms with Crippen molar-refractivity contribution in [2.24, 2.45) is 0 Å². The summed E-state index contributed by atoms with van der Waals surface area (Å²) in [6.45, 7) is 4.83. The van der Waals surface area contributed by atoms with E-state index < -0.39 is 0 Å². The fraction of sp³-hybridized carbons (Fsp3) is 0.167. The van der Waals surface area contributed by atoms with E-state index in [4.69, 9.17) is 20.8 Å². The molecule has 1 N–H and O–H groups in total. The van der Waals surface area contributed by atoms with Gasteiger partial charge in [0.25, 0.3) is 5.91 Å². The van der Waals surface area contributed by atoms with Crippen LogP contribution in [0.1, 0.15) is 33.0 Å². The summed E-state index contributed by atoms with van der Waals surface area (Å²) in [5.41, 5.74) is 3.90. The van der Waals surface area contributed by atoms with Crippen molar-refractivity contribution < 1.29 is 13.9 Å². The van der Waals surface area contributed by atoms with Gasteiger partial charge >= 0.3 is 0 Å². The molecule has 2 aromatic carbocycles. The summed E-state index contributed by atoms with van der Waals surface area (Å²) in [4.78, 5) is 12.5. The second-order valence-electron chi connectivity index (χ2n) is 7.27. The zero-order valence-electron chi connectivity index (χ0n) is 17.3. The predicted molar refractivity (Wildman–Crippen MR) is 120 cm³/mol. The Balaban J connectivity index is 1.35. The first-order valence-corrected chi connectivity index (χ1v) is 10.2. The van der Waals surface area contributed by atoms with Crippen LogP contribution in [-0.4, -0.2) is 15.7 Å². The van der Waals surface area contributed by atoms with Gasteiger partial charge in [0.15, 0.2) is 5.76 Å². The van der Waals surface area contributed by atoms with E-state index in [1.54, 1.807) is 35.3 Å². The van der Waals surface area contributed by atoms with Crippen molar-refractivity contribution in [3.05, 3.63) is 100 Å². The third kappa shape index (κ3) is 5.16. The van der Waals surface area contributed by atoms with E-state index in [0.29, 0.717) is 28.8 Å². The Bertz CT molecular complexity index is 1210. The molecule has 31 heavy (non-hydrogen) atoms. The molecule has 158 valence electrons. The van der Waals surface area contributed by atoms with Crippen molar-refractivity contribution in [2.75, 3.05) is 5.32 Å². The van der Waals surface area contributed by atoms with Crippen LogP contribution in [0.3, 0.4) is 0 Å². The maximum Gasteiger partial charge on any atom is 0.291 e. The predicted octanol–water partition coefficient (Wildman–Crippen LogP) is 5.63. The Morgan fingerprint density at radius 1 is 1.13 bits per heavy atom. The molecule has 2 heterocycles. The average molecular weight is 436 g/mol. The van der Waals surface area contributed by atoms with Gasteiger partial charge in [0.05, 0.1) is 18.4 Å². The summed E-state index contributed by atoms with van der Waals surface area (Å²) < 4.78 is 13.2. The molecule has 4 rings (SSSR count). The van der Waals surface area contributed by atoms with Crippen molar-refractivity contribution in [2.45, 2.75) is 27.0 Å². The molecule has 2 aromatic heterocycles. The number of amides is 1. The number of halogens is 1. The normalized spacial score (nSPS) is 10.8. The minimum absolute atomic E-state index is 0.207. The largest absolute Gasteiger partial charge is 0.485 e. The number of nitrogens with zero attached hydrogens (tertiary/aromatic N) is 2. The van der Waals surface area contributed by atoms with E-state index in [-0.39, 0.29) is 18.3 Å². The monoisotopic (exact) mass is 435 g/mol. The van der Waals surface area contributed by atoms with Gasteiger partial charge in [-0.1, -0.05) is 35.9 Å². The summed E-state index contributed by atoms with van der Waals surface area (Å²) in [6, 6.07) is 16.9.